The third kappa shape index (κ3) is 2.91. The third-order valence-electron chi connectivity index (χ3n) is 5.11. The molecule has 1 unspecified atom stereocenters. The van der Waals surface area contributed by atoms with Crippen molar-refractivity contribution in [1.82, 2.24) is 0 Å². The summed E-state index contributed by atoms with van der Waals surface area (Å²) in [6.45, 7) is 5.70. The molecule has 1 aromatic heterocycles. The van der Waals surface area contributed by atoms with Crippen molar-refractivity contribution in [2.24, 2.45) is 0 Å². The molecule has 3 heteroatoms. The predicted octanol–water partition coefficient (Wildman–Crippen LogP) is 5.79. The van der Waals surface area contributed by atoms with Gasteiger partial charge in [0.1, 0.15) is 17.6 Å². The number of aromatic hydroxyl groups is 1. The fourth-order valence-corrected chi connectivity index (χ4v) is 3.61. The van der Waals surface area contributed by atoms with E-state index in [0.29, 0.717) is 27.7 Å². The second-order valence-electron chi connectivity index (χ2n) is 6.78. The quantitative estimate of drug-likeness (QED) is 0.464. The molecule has 1 atom stereocenters. The van der Waals surface area contributed by atoms with E-state index in [1.807, 2.05) is 60.7 Å². The lowest BCUT2D eigenvalue weighted by atomic mass is 9.88. The molecular weight excluding hydrogens is 348 g/mol. The Hall–Kier alpha value is -3.59. The van der Waals surface area contributed by atoms with E-state index in [4.69, 9.17) is 4.42 Å². The summed E-state index contributed by atoms with van der Waals surface area (Å²) in [6, 6.07) is 20.9. The minimum atomic E-state index is -0.232. The predicted molar refractivity (Wildman–Crippen MR) is 113 cm³/mol. The largest absolute Gasteiger partial charge is 0.507 e. The van der Waals surface area contributed by atoms with Crippen molar-refractivity contribution < 1.29 is 9.52 Å². The van der Waals surface area contributed by atoms with E-state index in [-0.39, 0.29) is 17.1 Å². The zero-order valence-electron chi connectivity index (χ0n) is 15.6. The van der Waals surface area contributed by atoms with Crippen LogP contribution in [0.1, 0.15) is 22.6 Å². The van der Waals surface area contributed by atoms with Gasteiger partial charge in [-0.3, -0.25) is 4.79 Å². The first-order valence-corrected chi connectivity index (χ1v) is 9.12. The third-order valence-corrected chi connectivity index (χ3v) is 5.11. The van der Waals surface area contributed by atoms with E-state index in [0.717, 1.165) is 11.1 Å². The van der Waals surface area contributed by atoms with Gasteiger partial charge in [-0.05, 0) is 24.1 Å². The van der Waals surface area contributed by atoms with Gasteiger partial charge in [-0.1, -0.05) is 66.7 Å². The highest BCUT2D eigenvalue weighted by Gasteiger charge is 2.21. The lowest BCUT2D eigenvalue weighted by molar-refractivity contribution is 0.462. The van der Waals surface area contributed by atoms with E-state index in [1.165, 1.54) is 6.26 Å². The normalized spacial score (nSPS) is 12.0. The van der Waals surface area contributed by atoms with Gasteiger partial charge in [-0.25, -0.2) is 0 Å². The van der Waals surface area contributed by atoms with Gasteiger partial charge in [0.2, 0.25) is 5.43 Å². The Morgan fingerprint density at radius 1 is 1.04 bits per heavy atom. The van der Waals surface area contributed by atoms with Crippen LogP contribution in [-0.4, -0.2) is 5.11 Å². The van der Waals surface area contributed by atoms with Gasteiger partial charge in [0.25, 0.3) is 0 Å². The van der Waals surface area contributed by atoms with Gasteiger partial charge in [0, 0.05) is 17.0 Å². The fourth-order valence-electron chi connectivity index (χ4n) is 3.61. The van der Waals surface area contributed by atoms with Crippen molar-refractivity contribution >= 4 is 11.0 Å². The highest BCUT2D eigenvalue weighted by atomic mass is 16.3. The minimum absolute atomic E-state index is 0.118. The van der Waals surface area contributed by atoms with Crippen LogP contribution in [0.25, 0.3) is 22.1 Å². The summed E-state index contributed by atoms with van der Waals surface area (Å²) in [6.07, 6.45) is 3.24. The van der Waals surface area contributed by atoms with Gasteiger partial charge in [-0.15, -0.1) is 6.58 Å². The highest BCUT2D eigenvalue weighted by Crippen LogP contribution is 2.38. The number of benzene rings is 3. The molecule has 28 heavy (non-hydrogen) atoms. The molecule has 0 aliphatic heterocycles. The van der Waals surface area contributed by atoms with Gasteiger partial charge in [0.15, 0.2) is 0 Å². The lowest BCUT2D eigenvalue weighted by Crippen LogP contribution is -2.08. The first-order valence-electron chi connectivity index (χ1n) is 9.12. The minimum Gasteiger partial charge on any atom is -0.507 e. The zero-order valence-corrected chi connectivity index (χ0v) is 15.6. The molecule has 0 saturated carbocycles. The second-order valence-corrected chi connectivity index (χ2v) is 6.78. The molecule has 4 aromatic rings. The lowest BCUT2D eigenvalue weighted by Gasteiger charge is -2.18. The number of phenols is 1. The Kier molecular flexibility index (Phi) is 4.58. The highest BCUT2D eigenvalue weighted by molar-refractivity contribution is 5.87. The van der Waals surface area contributed by atoms with Crippen LogP contribution >= 0.6 is 0 Å². The molecule has 1 N–H and O–H groups in total. The molecule has 0 saturated heterocycles. The first kappa shape index (κ1) is 17.8. The molecule has 0 aliphatic carbocycles. The van der Waals surface area contributed by atoms with Crippen molar-refractivity contribution in [1.29, 1.82) is 0 Å². The zero-order chi connectivity index (χ0) is 19.7. The van der Waals surface area contributed by atoms with Gasteiger partial charge < -0.3 is 9.52 Å². The van der Waals surface area contributed by atoms with E-state index < -0.39 is 0 Å². The van der Waals surface area contributed by atoms with Crippen LogP contribution in [0, 0.1) is 6.92 Å². The van der Waals surface area contributed by atoms with Crippen LogP contribution in [0.2, 0.25) is 0 Å². The Labute approximate surface area is 163 Å². The number of allylic oxidation sites excluding steroid dienone is 1. The number of hydrogen-bond acceptors (Lipinski definition) is 3. The smallest absolute Gasteiger partial charge is 0.200 e. The summed E-state index contributed by atoms with van der Waals surface area (Å²) in [5, 5.41) is 11.3. The van der Waals surface area contributed by atoms with Gasteiger partial charge in [-0.2, -0.15) is 0 Å². The molecule has 0 spiro atoms. The summed E-state index contributed by atoms with van der Waals surface area (Å²) in [4.78, 5) is 13.2. The summed E-state index contributed by atoms with van der Waals surface area (Å²) in [5.41, 5.74) is 3.77. The van der Waals surface area contributed by atoms with Crippen LogP contribution in [0.3, 0.4) is 0 Å². The number of aryl methyl sites for hydroxylation is 1. The fraction of sp³-hybridized carbons (Fsp3) is 0.0800. The topological polar surface area (TPSA) is 50.4 Å². The molecular formula is C25H20O3. The van der Waals surface area contributed by atoms with Crippen LogP contribution in [0.15, 0.2) is 94.9 Å². The van der Waals surface area contributed by atoms with E-state index >= 15 is 0 Å². The van der Waals surface area contributed by atoms with Crippen LogP contribution < -0.4 is 5.43 Å². The van der Waals surface area contributed by atoms with E-state index in [2.05, 4.69) is 6.58 Å². The molecule has 0 fully saturated rings. The molecule has 1 heterocycles. The van der Waals surface area contributed by atoms with E-state index in [9.17, 15) is 9.90 Å². The monoisotopic (exact) mass is 368 g/mol. The van der Waals surface area contributed by atoms with Crippen LogP contribution in [-0.2, 0) is 0 Å². The maximum atomic E-state index is 13.2. The summed E-state index contributed by atoms with van der Waals surface area (Å²) >= 11 is 0. The van der Waals surface area contributed by atoms with Crippen molar-refractivity contribution in [3.8, 4) is 16.9 Å². The first-order chi connectivity index (χ1) is 13.6. The SMILES string of the molecule is C=CC(c1ccccc1)c1cc2c(=O)c(-c3ccccc3)coc2c(C)c1O. The Morgan fingerprint density at radius 2 is 1.68 bits per heavy atom. The Morgan fingerprint density at radius 3 is 2.32 bits per heavy atom. The Bertz CT molecular complexity index is 1210. The maximum Gasteiger partial charge on any atom is 0.200 e. The van der Waals surface area contributed by atoms with Crippen molar-refractivity contribution in [3.63, 3.8) is 0 Å². The van der Waals surface area contributed by atoms with E-state index in [1.54, 1.807) is 19.1 Å². The van der Waals surface area contributed by atoms with Crippen molar-refractivity contribution in [2.75, 3.05) is 0 Å². The average molecular weight is 368 g/mol. The van der Waals surface area contributed by atoms with Crippen molar-refractivity contribution in [2.45, 2.75) is 12.8 Å². The second kappa shape index (κ2) is 7.20. The molecule has 0 radical (unpaired) electrons. The number of rotatable bonds is 4. The maximum absolute atomic E-state index is 13.2. The molecule has 0 aliphatic rings. The molecule has 138 valence electrons. The summed E-state index contributed by atoms with van der Waals surface area (Å²) in [7, 11) is 0. The van der Waals surface area contributed by atoms with Crippen molar-refractivity contribution in [3.05, 3.63) is 113 Å². The molecule has 3 nitrogen and oxygen atoms in total. The summed E-state index contributed by atoms with van der Waals surface area (Å²) in [5.74, 6) is -0.110. The van der Waals surface area contributed by atoms with Gasteiger partial charge in [0.05, 0.1) is 10.9 Å². The molecule has 0 amide bonds. The number of phenolic OH excluding ortho intramolecular Hbond substituents is 1. The molecule has 4 rings (SSSR count). The number of fused-ring (bicyclic) bond motifs is 1. The van der Waals surface area contributed by atoms with Gasteiger partial charge >= 0.3 is 0 Å². The van der Waals surface area contributed by atoms with Crippen LogP contribution in [0.5, 0.6) is 5.75 Å². The molecule has 0 bridgehead atoms. The summed E-state index contributed by atoms with van der Waals surface area (Å²) < 4.78 is 5.78. The number of hydrogen-bond donors (Lipinski definition) is 1. The molecule has 3 aromatic carbocycles. The Balaban J connectivity index is 1.99. The van der Waals surface area contributed by atoms with Crippen LogP contribution in [0.4, 0.5) is 0 Å². The average Bonchev–Trinajstić information content (AvgIpc) is 2.74. The standard InChI is InChI=1S/C25H20O3/c1-3-19(17-10-6-4-7-11-17)20-14-21-24(27)22(18-12-8-5-9-13-18)15-28-25(21)16(2)23(20)26/h3-15,19,26H,1H2,2H3.